The van der Waals surface area contributed by atoms with E-state index in [-0.39, 0.29) is 12.4 Å². The lowest BCUT2D eigenvalue weighted by Gasteiger charge is -2.34. The number of aromatic nitrogens is 1. The first kappa shape index (κ1) is 15.5. The first-order chi connectivity index (χ1) is 9.24. The SMILES string of the molecule is COc1cc(C)nc(CN2CCC3CNCC3C2)c1.Cl. The number of methoxy groups -OCH3 is 1. The molecule has 2 fully saturated rings. The molecule has 2 saturated heterocycles. The van der Waals surface area contributed by atoms with E-state index in [1.54, 1.807) is 7.11 Å². The van der Waals surface area contributed by atoms with Crippen LogP contribution < -0.4 is 10.1 Å². The van der Waals surface area contributed by atoms with Gasteiger partial charge in [0, 0.05) is 30.9 Å². The highest BCUT2D eigenvalue weighted by molar-refractivity contribution is 5.85. The van der Waals surface area contributed by atoms with Crippen LogP contribution in [0.15, 0.2) is 12.1 Å². The second-order valence-corrected chi connectivity index (χ2v) is 5.84. The highest BCUT2D eigenvalue weighted by atomic mass is 35.5. The van der Waals surface area contributed by atoms with Crippen LogP contribution in [-0.4, -0.2) is 43.2 Å². The van der Waals surface area contributed by atoms with Crippen LogP contribution in [0.4, 0.5) is 0 Å². The maximum absolute atomic E-state index is 5.33. The summed E-state index contributed by atoms with van der Waals surface area (Å²) in [6.07, 6.45) is 1.32. The summed E-state index contributed by atoms with van der Waals surface area (Å²) in [5, 5.41) is 3.51. The number of nitrogens with one attached hydrogen (secondary N) is 1. The number of piperidine rings is 1. The van der Waals surface area contributed by atoms with Gasteiger partial charge in [0.05, 0.1) is 12.8 Å². The normalized spacial score (nSPS) is 25.9. The molecule has 2 aliphatic rings. The van der Waals surface area contributed by atoms with Crippen LogP contribution in [0, 0.1) is 18.8 Å². The van der Waals surface area contributed by atoms with Crippen molar-refractivity contribution in [2.45, 2.75) is 19.9 Å². The number of hydrogen-bond acceptors (Lipinski definition) is 4. The summed E-state index contributed by atoms with van der Waals surface area (Å²) < 4.78 is 5.33. The molecule has 4 nitrogen and oxygen atoms in total. The Hall–Kier alpha value is -0.840. The molecule has 0 aromatic carbocycles. The van der Waals surface area contributed by atoms with Crippen molar-refractivity contribution in [1.82, 2.24) is 15.2 Å². The van der Waals surface area contributed by atoms with E-state index >= 15 is 0 Å². The van der Waals surface area contributed by atoms with Gasteiger partial charge in [-0.2, -0.15) is 0 Å². The lowest BCUT2D eigenvalue weighted by Crippen LogP contribution is -2.39. The molecule has 0 amide bonds. The molecule has 2 unspecified atom stereocenters. The van der Waals surface area contributed by atoms with Crippen LogP contribution in [0.2, 0.25) is 0 Å². The molecule has 0 spiro atoms. The Bertz CT molecular complexity index is 455. The zero-order chi connectivity index (χ0) is 13.2. The van der Waals surface area contributed by atoms with Gasteiger partial charge in [-0.25, -0.2) is 0 Å². The Kier molecular flexibility index (Phi) is 5.24. The van der Waals surface area contributed by atoms with Crippen LogP contribution in [0.25, 0.3) is 0 Å². The molecule has 0 saturated carbocycles. The number of halogens is 1. The number of rotatable bonds is 3. The molecule has 0 radical (unpaired) electrons. The monoisotopic (exact) mass is 297 g/mol. The van der Waals surface area contributed by atoms with Crippen LogP contribution in [0.3, 0.4) is 0 Å². The maximum Gasteiger partial charge on any atom is 0.122 e. The van der Waals surface area contributed by atoms with Crippen molar-refractivity contribution in [2.24, 2.45) is 11.8 Å². The number of pyridine rings is 1. The third kappa shape index (κ3) is 3.43. The average molecular weight is 298 g/mol. The lowest BCUT2D eigenvalue weighted by molar-refractivity contribution is 0.140. The maximum atomic E-state index is 5.33. The molecular weight excluding hydrogens is 274 g/mol. The number of likely N-dealkylation sites (tertiary alicyclic amines) is 1. The minimum Gasteiger partial charge on any atom is -0.497 e. The first-order valence-electron chi connectivity index (χ1n) is 7.19. The Morgan fingerprint density at radius 2 is 2.15 bits per heavy atom. The predicted molar refractivity (Wildman–Crippen MR) is 82.5 cm³/mol. The fourth-order valence-corrected chi connectivity index (χ4v) is 3.38. The minimum absolute atomic E-state index is 0. The summed E-state index contributed by atoms with van der Waals surface area (Å²) >= 11 is 0. The summed E-state index contributed by atoms with van der Waals surface area (Å²) in [5.74, 6) is 2.65. The van der Waals surface area contributed by atoms with E-state index in [2.05, 4.69) is 21.3 Å². The average Bonchev–Trinajstić information content (AvgIpc) is 2.85. The van der Waals surface area contributed by atoms with Crippen molar-refractivity contribution in [3.8, 4) is 5.75 Å². The van der Waals surface area contributed by atoms with E-state index in [9.17, 15) is 0 Å². The molecule has 20 heavy (non-hydrogen) atoms. The summed E-state index contributed by atoms with van der Waals surface area (Å²) in [5.41, 5.74) is 2.16. The zero-order valence-corrected chi connectivity index (χ0v) is 13.1. The molecular formula is C15H24ClN3O. The Balaban J connectivity index is 0.00000147. The molecule has 112 valence electrons. The van der Waals surface area contributed by atoms with Gasteiger partial charge < -0.3 is 10.1 Å². The molecule has 3 rings (SSSR count). The van der Waals surface area contributed by atoms with Gasteiger partial charge >= 0.3 is 0 Å². The van der Waals surface area contributed by atoms with Gasteiger partial charge in [-0.1, -0.05) is 0 Å². The molecule has 5 heteroatoms. The summed E-state index contributed by atoms with van der Waals surface area (Å²) in [6.45, 7) is 7.78. The Labute approximate surface area is 127 Å². The molecule has 3 heterocycles. The van der Waals surface area contributed by atoms with E-state index in [1.807, 2.05) is 13.0 Å². The smallest absolute Gasteiger partial charge is 0.122 e. The number of hydrogen-bond donors (Lipinski definition) is 1. The fourth-order valence-electron chi connectivity index (χ4n) is 3.38. The minimum atomic E-state index is 0. The number of nitrogens with zero attached hydrogens (tertiary/aromatic N) is 2. The van der Waals surface area contributed by atoms with Gasteiger partial charge in [-0.05, 0) is 44.8 Å². The highest BCUT2D eigenvalue weighted by Crippen LogP contribution is 2.27. The van der Waals surface area contributed by atoms with Gasteiger partial charge in [0.25, 0.3) is 0 Å². The summed E-state index contributed by atoms with van der Waals surface area (Å²) in [6, 6.07) is 4.04. The van der Waals surface area contributed by atoms with Crippen LogP contribution in [0.5, 0.6) is 5.75 Å². The Morgan fingerprint density at radius 1 is 1.35 bits per heavy atom. The van der Waals surface area contributed by atoms with Crippen molar-refractivity contribution in [2.75, 3.05) is 33.3 Å². The van der Waals surface area contributed by atoms with Crippen molar-refractivity contribution >= 4 is 12.4 Å². The van der Waals surface area contributed by atoms with Crippen LogP contribution >= 0.6 is 12.4 Å². The van der Waals surface area contributed by atoms with Gasteiger partial charge in [0.15, 0.2) is 0 Å². The quantitative estimate of drug-likeness (QED) is 0.924. The highest BCUT2D eigenvalue weighted by Gasteiger charge is 2.32. The molecule has 0 aliphatic carbocycles. The first-order valence-corrected chi connectivity index (χ1v) is 7.19. The van der Waals surface area contributed by atoms with E-state index in [1.165, 1.54) is 32.6 Å². The van der Waals surface area contributed by atoms with Gasteiger partial charge in [0.2, 0.25) is 0 Å². The second kappa shape index (κ2) is 6.74. The van der Waals surface area contributed by atoms with E-state index < -0.39 is 0 Å². The van der Waals surface area contributed by atoms with Crippen LogP contribution in [-0.2, 0) is 6.54 Å². The lowest BCUT2D eigenvalue weighted by atomic mass is 9.88. The zero-order valence-electron chi connectivity index (χ0n) is 12.3. The van der Waals surface area contributed by atoms with Gasteiger partial charge in [-0.15, -0.1) is 12.4 Å². The molecule has 1 aromatic rings. The molecule has 1 aromatic heterocycles. The van der Waals surface area contributed by atoms with Gasteiger partial charge in [0.1, 0.15) is 5.75 Å². The fraction of sp³-hybridized carbons (Fsp3) is 0.667. The molecule has 1 N–H and O–H groups in total. The molecule has 2 atom stereocenters. The largest absolute Gasteiger partial charge is 0.497 e. The van der Waals surface area contributed by atoms with E-state index in [4.69, 9.17) is 4.74 Å². The van der Waals surface area contributed by atoms with Crippen LogP contribution in [0.1, 0.15) is 17.8 Å². The third-order valence-electron chi connectivity index (χ3n) is 4.39. The topological polar surface area (TPSA) is 37.4 Å². The van der Waals surface area contributed by atoms with Crippen molar-refractivity contribution in [3.63, 3.8) is 0 Å². The summed E-state index contributed by atoms with van der Waals surface area (Å²) in [4.78, 5) is 7.16. The third-order valence-corrected chi connectivity index (χ3v) is 4.39. The molecule has 0 bridgehead atoms. The predicted octanol–water partition coefficient (Wildman–Crippen LogP) is 1.86. The van der Waals surface area contributed by atoms with Crippen molar-refractivity contribution < 1.29 is 4.74 Å². The standard InChI is InChI=1S/C15H23N3O.ClH/c1-11-5-15(19-2)6-14(17-11)10-18-4-3-12-7-16-8-13(12)9-18;/h5-6,12-13,16H,3-4,7-10H2,1-2H3;1H. The Morgan fingerprint density at radius 3 is 2.95 bits per heavy atom. The second-order valence-electron chi connectivity index (χ2n) is 5.84. The van der Waals surface area contributed by atoms with E-state index in [0.29, 0.717) is 0 Å². The van der Waals surface area contributed by atoms with E-state index in [0.717, 1.165) is 35.5 Å². The van der Waals surface area contributed by atoms with Crippen molar-refractivity contribution in [1.29, 1.82) is 0 Å². The number of aryl methyl sites for hydroxylation is 1. The number of ether oxygens (including phenoxy) is 1. The summed E-state index contributed by atoms with van der Waals surface area (Å²) in [7, 11) is 1.72. The van der Waals surface area contributed by atoms with Gasteiger partial charge in [-0.3, -0.25) is 9.88 Å². The molecule has 2 aliphatic heterocycles. The number of fused-ring (bicyclic) bond motifs is 1. The van der Waals surface area contributed by atoms with Crippen molar-refractivity contribution in [3.05, 3.63) is 23.5 Å².